The number of carbonyl (C=O) groups excluding carboxylic acids is 1. The van der Waals surface area contributed by atoms with Crippen LogP contribution in [-0.4, -0.2) is 55.1 Å². The average molecular weight is 443 g/mol. The van der Waals surface area contributed by atoms with Crippen LogP contribution in [-0.2, 0) is 29.5 Å². The Labute approximate surface area is 191 Å². The molecule has 0 bridgehead atoms. The van der Waals surface area contributed by atoms with Crippen LogP contribution in [0.2, 0.25) is 0 Å². The molecule has 0 aliphatic carbocycles. The van der Waals surface area contributed by atoms with E-state index in [0.29, 0.717) is 13.2 Å². The van der Waals surface area contributed by atoms with E-state index in [1.807, 2.05) is 30.5 Å². The lowest BCUT2D eigenvalue weighted by Gasteiger charge is -2.27. The van der Waals surface area contributed by atoms with Crippen LogP contribution in [0.4, 0.5) is 0 Å². The fourth-order valence-corrected chi connectivity index (χ4v) is 5.04. The lowest BCUT2D eigenvalue weighted by atomic mass is 9.97. The van der Waals surface area contributed by atoms with E-state index < -0.39 is 0 Å². The van der Waals surface area contributed by atoms with Gasteiger partial charge in [-0.25, -0.2) is 0 Å². The molecule has 33 heavy (non-hydrogen) atoms. The smallest absolute Gasteiger partial charge is 0.219 e. The topological polar surface area (TPSA) is 78.1 Å². The Morgan fingerprint density at radius 3 is 2.91 bits per heavy atom. The van der Waals surface area contributed by atoms with Gasteiger partial charge < -0.3 is 9.64 Å². The quantitative estimate of drug-likeness (QED) is 0.486. The lowest BCUT2D eigenvalue weighted by molar-refractivity contribution is -0.129. The Morgan fingerprint density at radius 1 is 1.24 bits per heavy atom. The number of carbonyl (C=O) groups is 1. The Bertz CT molecular complexity index is 1360. The van der Waals surface area contributed by atoms with Crippen LogP contribution in [0.1, 0.15) is 30.6 Å². The minimum atomic E-state index is 0.101. The van der Waals surface area contributed by atoms with Crippen LogP contribution in [0, 0.1) is 0 Å². The van der Waals surface area contributed by atoms with Gasteiger partial charge in [0.15, 0.2) is 0 Å². The van der Waals surface area contributed by atoms with Crippen LogP contribution in [0.15, 0.2) is 42.9 Å². The molecule has 2 aliphatic heterocycles. The SMILES string of the molecule is CC(=O)N1CCc2c(c(-c3cccc4cc(-c5cnn(C)c5)ncc34)nn2C2CCOC2)C1. The van der Waals surface area contributed by atoms with Gasteiger partial charge in [-0.15, -0.1) is 0 Å². The molecule has 3 aromatic heterocycles. The maximum atomic E-state index is 12.2. The van der Waals surface area contributed by atoms with Crippen LogP contribution < -0.4 is 0 Å². The largest absolute Gasteiger partial charge is 0.379 e. The molecule has 8 heteroatoms. The highest BCUT2D eigenvalue weighted by atomic mass is 16.5. The van der Waals surface area contributed by atoms with E-state index in [1.165, 1.54) is 5.69 Å². The second kappa shape index (κ2) is 7.81. The summed E-state index contributed by atoms with van der Waals surface area (Å²) in [6, 6.07) is 8.64. The summed E-state index contributed by atoms with van der Waals surface area (Å²) in [6.07, 6.45) is 7.51. The first-order chi connectivity index (χ1) is 16.1. The van der Waals surface area contributed by atoms with E-state index in [2.05, 4.69) is 34.0 Å². The number of nitrogens with zero attached hydrogens (tertiary/aromatic N) is 6. The molecular formula is C25H26N6O2. The second-order valence-corrected chi connectivity index (χ2v) is 8.93. The summed E-state index contributed by atoms with van der Waals surface area (Å²) in [5.74, 6) is 0.101. The van der Waals surface area contributed by atoms with Crippen molar-refractivity contribution in [3.63, 3.8) is 0 Å². The number of fused-ring (bicyclic) bond motifs is 2. The molecule has 2 aliphatic rings. The zero-order valence-corrected chi connectivity index (χ0v) is 18.9. The van der Waals surface area contributed by atoms with Gasteiger partial charge in [-0.05, 0) is 17.9 Å². The highest BCUT2D eigenvalue weighted by Crippen LogP contribution is 2.37. The number of ether oxygens (including phenoxy) is 1. The summed E-state index contributed by atoms with van der Waals surface area (Å²) in [7, 11) is 1.90. The molecule has 0 N–H and O–H groups in total. The van der Waals surface area contributed by atoms with Crippen molar-refractivity contribution in [2.75, 3.05) is 19.8 Å². The molecule has 1 unspecified atom stereocenters. The van der Waals surface area contributed by atoms with Crippen molar-refractivity contribution in [3.05, 3.63) is 54.1 Å². The molecule has 5 heterocycles. The molecule has 6 rings (SSSR count). The Kier molecular flexibility index (Phi) is 4.76. The molecule has 1 amide bonds. The number of aromatic nitrogens is 5. The molecule has 168 valence electrons. The lowest BCUT2D eigenvalue weighted by Crippen LogP contribution is -2.35. The maximum Gasteiger partial charge on any atom is 0.219 e. The molecule has 4 aromatic rings. The van der Waals surface area contributed by atoms with E-state index in [9.17, 15) is 4.79 Å². The van der Waals surface area contributed by atoms with Crippen molar-refractivity contribution in [2.24, 2.45) is 7.05 Å². The molecule has 1 aromatic carbocycles. The summed E-state index contributed by atoms with van der Waals surface area (Å²) in [5.41, 5.74) is 6.26. The number of hydrogen-bond donors (Lipinski definition) is 0. The molecule has 1 atom stereocenters. The summed E-state index contributed by atoms with van der Waals surface area (Å²) in [5, 5.41) is 11.6. The number of pyridine rings is 1. The van der Waals surface area contributed by atoms with E-state index in [0.717, 1.165) is 64.8 Å². The molecule has 0 radical (unpaired) electrons. The van der Waals surface area contributed by atoms with Crippen molar-refractivity contribution < 1.29 is 9.53 Å². The third-order valence-corrected chi connectivity index (χ3v) is 6.80. The van der Waals surface area contributed by atoms with Gasteiger partial charge in [0.05, 0.1) is 30.2 Å². The molecular weight excluding hydrogens is 416 g/mol. The minimum Gasteiger partial charge on any atom is -0.379 e. The van der Waals surface area contributed by atoms with Crippen LogP contribution in [0.3, 0.4) is 0 Å². The Hall–Kier alpha value is -3.52. The third kappa shape index (κ3) is 3.41. The van der Waals surface area contributed by atoms with Gasteiger partial charge in [-0.1, -0.05) is 18.2 Å². The normalized spacial score (nSPS) is 18.1. The van der Waals surface area contributed by atoms with Crippen molar-refractivity contribution in [2.45, 2.75) is 32.4 Å². The average Bonchev–Trinajstić information content (AvgIpc) is 3.57. The summed E-state index contributed by atoms with van der Waals surface area (Å²) in [6.45, 7) is 4.42. The molecule has 0 saturated carbocycles. The molecule has 8 nitrogen and oxygen atoms in total. The van der Waals surface area contributed by atoms with Gasteiger partial charge in [0.2, 0.25) is 5.91 Å². The number of rotatable bonds is 3. The zero-order valence-electron chi connectivity index (χ0n) is 18.9. The maximum absolute atomic E-state index is 12.2. The first-order valence-electron chi connectivity index (χ1n) is 11.4. The van der Waals surface area contributed by atoms with Gasteiger partial charge in [0.25, 0.3) is 0 Å². The number of amides is 1. The van der Waals surface area contributed by atoms with Crippen molar-refractivity contribution >= 4 is 16.7 Å². The minimum absolute atomic E-state index is 0.101. The standard InChI is InChI=1S/C25H26N6O2/c1-16(32)30-8-6-24-22(14-30)25(28-31(24)19-7-9-33-15-19)20-5-3-4-17-10-23(26-12-21(17)20)18-11-27-29(2)13-18/h3-5,10-13,19H,6-9,14-15H2,1-2H3. The first kappa shape index (κ1) is 20.1. The van der Waals surface area contributed by atoms with Gasteiger partial charge in [0, 0.05) is 80.3 Å². The van der Waals surface area contributed by atoms with E-state index >= 15 is 0 Å². The van der Waals surface area contributed by atoms with E-state index in [1.54, 1.807) is 11.6 Å². The van der Waals surface area contributed by atoms with Crippen LogP contribution in [0.25, 0.3) is 33.3 Å². The number of aryl methyl sites for hydroxylation is 1. The highest BCUT2D eigenvalue weighted by molar-refractivity contribution is 5.97. The molecule has 0 spiro atoms. The van der Waals surface area contributed by atoms with Gasteiger partial charge >= 0.3 is 0 Å². The fraction of sp³-hybridized carbons (Fsp3) is 0.360. The molecule has 1 fully saturated rings. The van der Waals surface area contributed by atoms with E-state index in [4.69, 9.17) is 14.8 Å². The predicted molar refractivity (Wildman–Crippen MR) is 124 cm³/mol. The zero-order chi connectivity index (χ0) is 22.5. The van der Waals surface area contributed by atoms with Crippen molar-refractivity contribution in [1.82, 2.24) is 29.4 Å². The molecule has 1 saturated heterocycles. The van der Waals surface area contributed by atoms with Gasteiger partial charge in [-0.2, -0.15) is 10.2 Å². The summed E-state index contributed by atoms with van der Waals surface area (Å²) >= 11 is 0. The monoisotopic (exact) mass is 442 g/mol. The van der Waals surface area contributed by atoms with Crippen molar-refractivity contribution in [3.8, 4) is 22.5 Å². The van der Waals surface area contributed by atoms with Gasteiger partial charge in [-0.3, -0.25) is 19.1 Å². The van der Waals surface area contributed by atoms with Crippen LogP contribution in [0.5, 0.6) is 0 Å². The number of benzene rings is 1. The van der Waals surface area contributed by atoms with E-state index in [-0.39, 0.29) is 11.9 Å². The summed E-state index contributed by atoms with van der Waals surface area (Å²) in [4.78, 5) is 18.8. The highest BCUT2D eigenvalue weighted by Gasteiger charge is 2.31. The van der Waals surface area contributed by atoms with Gasteiger partial charge in [0.1, 0.15) is 0 Å². The fourth-order valence-electron chi connectivity index (χ4n) is 5.04. The Balaban J connectivity index is 1.50. The van der Waals surface area contributed by atoms with Crippen LogP contribution >= 0.6 is 0 Å². The Morgan fingerprint density at radius 2 is 2.15 bits per heavy atom. The second-order valence-electron chi connectivity index (χ2n) is 8.93. The van der Waals surface area contributed by atoms with Crippen molar-refractivity contribution in [1.29, 1.82) is 0 Å². The third-order valence-electron chi connectivity index (χ3n) is 6.80. The number of hydrogen-bond acceptors (Lipinski definition) is 5. The predicted octanol–water partition coefficient (Wildman–Crippen LogP) is 3.36. The summed E-state index contributed by atoms with van der Waals surface area (Å²) < 4.78 is 9.62. The first-order valence-corrected chi connectivity index (χ1v) is 11.4.